The lowest BCUT2D eigenvalue weighted by molar-refractivity contribution is 0.0814. The SMILES string of the molecule is CCNCC(C)(CC)CN(CCOC)C(C)CC. The molecule has 0 aromatic carbocycles. The van der Waals surface area contributed by atoms with E-state index in [1.165, 1.54) is 12.8 Å². The van der Waals surface area contributed by atoms with E-state index < -0.39 is 0 Å². The van der Waals surface area contributed by atoms with Crippen LogP contribution in [0.1, 0.15) is 47.5 Å². The molecule has 0 saturated heterocycles. The molecule has 0 aliphatic rings. The van der Waals surface area contributed by atoms with Gasteiger partial charge >= 0.3 is 0 Å². The van der Waals surface area contributed by atoms with Crippen LogP contribution in [0.3, 0.4) is 0 Å². The molecule has 0 aliphatic heterocycles. The quantitative estimate of drug-likeness (QED) is 0.617. The Morgan fingerprint density at radius 2 is 1.94 bits per heavy atom. The highest BCUT2D eigenvalue weighted by atomic mass is 16.5. The molecule has 3 nitrogen and oxygen atoms in total. The average Bonchev–Trinajstić information content (AvgIpc) is 2.40. The van der Waals surface area contributed by atoms with Crippen molar-refractivity contribution in [1.82, 2.24) is 10.2 Å². The fourth-order valence-corrected chi connectivity index (χ4v) is 2.13. The second-order valence-corrected chi connectivity index (χ2v) is 5.67. The number of hydrogen-bond donors (Lipinski definition) is 1. The van der Waals surface area contributed by atoms with Crippen molar-refractivity contribution in [1.29, 1.82) is 0 Å². The van der Waals surface area contributed by atoms with Crippen LogP contribution in [0.15, 0.2) is 0 Å². The van der Waals surface area contributed by atoms with Crippen LogP contribution < -0.4 is 5.32 Å². The summed E-state index contributed by atoms with van der Waals surface area (Å²) in [6.07, 6.45) is 2.41. The maximum atomic E-state index is 5.24. The molecule has 2 unspecified atom stereocenters. The smallest absolute Gasteiger partial charge is 0.0589 e. The fraction of sp³-hybridized carbons (Fsp3) is 1.00. The molecule has 0 heterocycles. The van der Waals surface area contributed by atoms with E-state index in [-0.39, 0.29) is 0 Å². The minimum absolute atomic E-state index is 0.354. The Labute approximate surface area is 114 Å². The van der Waals surface area contributed by atoms with Crippen LogP contribution in [0, 0.1) is 5.41 Å². The summed E-state index contributed by atoms with van der Waals surface area (Å²) in [5.74, 6) is 0. The first-order valence-electron chi connectivity index (χ1n) is 7.46. The van der Waals surface area contributed by atoms with E-state index in [1.807, 2.05) is 0 Å². The van der Waals surface area contributed by atoms with Crippen LogP contribution in [0.2, 0.25) is 0 Å². The van der Waals surface area contributed by atoms with Crippen LogP contribution in [-0.4, -0.2) is 50.8 Å². The second-order valence-electron chi connectivity index (χ2n) is 5.67. The van der Waals surface area contributed by atoms with Crippen molar-refractivity contribution < 1.29 is 4.74 Å². The molecule has 0 bridgehead atoms. The predicted octanol–water partition coefficient (Wildman–Crippen LogP) is 2.76. The van der Waals surface area contributed by atoms with Gasteiger partial charge in [-0.15, -0.1) is 0 Å². The Bertz CT molecular complexity index is 199. The van der Waals surface area contributed by atoms with E-state index in [2.05, 4.69) is 44.8 Å². The minimum atomic E-state index is 0.354. The Morgan fingerprint density at radius 3 is 2.39 bits per heavy atom. The first kappa shape index (κ1) is 17.9. The molecule has 0 aromatic heterocycles. The van der Waals surface area contributed by atoms with Crippen molar-refractivity contribution in [2.75, 3.05) is 39.9 Å². The molecule has 0 fully saturated rings. The summed E-state index contributed by atoms with van der Waals surface area (Å²) in [5, 5.41) is 3.50. The lowest BCUT2D eigenvalue weighted by Gasteiger charge is -2.38. The highest BCUT2D eigenvalue weighted by molar-refractivity contribution is 4.81. The summed E-state index contributed by atoms with van der Waals surface area (Å²) in [5.41, 5.74) is 0.354. The average molecular weight is 258 g/mol. The van der Waals surface area contributed by atoms with E-state index in [4.69, 9.17) is 4.74 Å². The summed E-state index contributed by atoms with van der Waals surface area (Å²) in [6.45, 7) is 16.6. The highest BCUT2D eigenvalue weighted by Gasteiger charge is 2.26. The van der Waals surface area contributed by atoms with Gasteiger partial charge in [0.1, 0.15) is 0 Å². The minimum Gasteiger partial charge on any atom is -0.383 e. The van der Waals surface area contributed by atoms with Gasteiger partial charge in [0.05, 0.1) is 6.61 Å². The van der Waals surface area contributed by atoms with Gasteiger partial charge in [-0.2, -0.15) is 0 Å². The zero-order valence-electron chi connectivity index (χ0n) is 13.4. The van der Waals surface area contributed by atoms with Crippen LogP contribution in [0.25, 0.3) is 0 Å². The Balaban J connectivity index is 4.48. The standard InChI is InChI=1S/C15H34N2O/c1-7-14(4)17(10-11-18-6)13-15(5,8-2)12-16-9-3/h14,16H,7-13H2,1-6H3. The van der Waals surface area contributed by atoms with Crippen molar-refractivity contribution in [2.24, 2.45) is 5.41 Å². The van der Waals surface area contributed by atoms with Gasteiger partial charge in [-0.05, 0) is 31.7 Å². The Hall–Kier alpha value is -0.120. The molecule has 2 atom stereocenters. The molecule has 1 N–H and O–H groups in total. The van der Waals surface area contributed by atoms with Crippen LogP contribution >= 0.6 is 0 Å². The third-order valence-electron chi connectivity index (χ3n) is 4.04. The number of nitrogens with one attached hydrogen (secondary N) is 1. The molecule has 0 amide bonds. The maximum Gasteiger partial charge on any atom is 0.0589 e. The molecule has 0 radical (unpaired) electrons. The summed E-state index contributed by atoms with van der Waals surface area (Å²) in [6, 6.07) is 0.632. The fourth-order valence-electron chi connectivity index (χ4n) is 2.13. The van der Waals surface area contributed by atoms with Crippen molar-refractivity contribution in [2.45, 2.75) is 53.5 Å². The zero-order chi connectivity index (χ0) is 14.0. The zero-order valence-corrected chi connectivity index (χ0v) is 13.4. The largest absolute Gasteiger partial charge is 0.383 e. The van der Waals surface area contributed by atoms with Crippen LogP contribution in [0.5, 0.6) is 0 Å². The van der Waals surface area contributed by atoms with Gasteiger partial charge in [0.2, 0.25) is 0 Å². The van der Waals surface area contributed by atoms with Crippen molar-refractivity contribution >= 4 is 0 Å². The predicted molar refractivity (Wildman–Crippen MR) is 80.1 cm³/mol. The summed E-state index contributed by atoms with van der Waals surface area (Å²) in [4.78, 5) is 2.57. The van der Waals surface area contributed by atoms with E-state index in [0.717, 1.165) is 32.8 Å². The number of nitrogens with zero attached hydrogens (tertiary/aromatic N) is 1. The molecule has 0 saturated carbocycles. The normalized spacial score (nSPS) is 16.8. The third kappa shape index (κ3) is 6.72. The van der Waals surface area contributed by atoms with Crippen molar-refractivity contribution in [3.63, 3.8) is 0 Å². The topological polar surface area (TPSA) is 24.5 Å². The monoisotopic (exact) mass is 258 g/mol. The van der Waals surface area contributed by atoms with Gasteiger partial charge in [-0.3, -0.25) is 4.90 Å². The molecule has 3 heteroatoms. The van der Waals surface area contributed by atoms with Gasteiger partial charge in [-0.25, -0.2) is 0 Å². The van der Waals surface area contributed by atoms with Gasteiger partial charge in [0, 0.05) is 32.8 Å². The molecular formula is C15H34N2O. The first-order valence-corrected chi connectivity index (χ1v) is 7.46. The maximum absolute atomic E-state index is 5.24. The third-order valence-corrected chi connectivity index (χ3v) is 4.04. The summed E-state index contributed by atoms with van der Waals surface area (Å²) < 4.78 is 5.24. The molecule has 110 valence electrons. The van der Waals surface area contributed by atoms with Gasteiger partial charge in [0.15, 0.2) is 0 Å². The van der Waals surface area contributed by atoms with E-state index in [9.17, 15) is 0 Å². The Kier molecular flexibility index (Phi) is 9.70. The van der Waals surface area contributed by atoms with E-state index in [0.29, 0.717) is 11.5 Å². The lowest BCUT2D eigenvalue weighted by atomic mass is 9.86. The molecule has 0 rings (SSSR count). The van der Waals surface area contributed by atoms with E-state index >= 15 is 0 Å². The molecule has 0 aromatic rings. The van der Waals surface area contributed by atoms with Crippen molar-refractivity contribution in [3.05, 3.63) is 0 Å². The van der Waals surface area contributed by atoms with Gasteiger partial charge in [-0.1, -0.05) is 27.7 Å². The molecule has 0 aliphatic carbocycles. The highest BCUT2D eigenvalue weighted by Crippen LogP contribution is 2.23. The second kappa shape index (κ2) is 9.76. The number of hydrogen-bond acceptors (Lipinski definition) is 3. The molecular weight excluding hydrogens is 224 g/mol. The molecule has 0 spiro atoms. The van der Waals surface area contributed by atoms with Gasteiger partial charge in [0.25, 0.3) is 0 Å². The number of methoxy groups -OCH3 is 1. The summed E-state index contributed by atoms with van der Waals surface area (Å²) in [7, 11) is 1.78. The Morgan fingerprint density at radius 1 is 1.28 bits per heavy atom. The number of rotatable bonds is 11. The first-order chi connectivity index (χ1) is 8.52. The van der Waals surface area contributed by atoms with Crippen molar-refractivity contribution in [3.8, 4) is 0 Å². The van der Waals surface area contributed by atoms with Crippen LogP contribution in [0.4, 0.5) is 0 Å². The summed E-state index contributed by atoms with van der Waals surface area (Å²) >= 11 is 0. The molecule has 18 heavy (non-hydrogen) atoms. The van der Waals surface area contributed by atoms with Crippen LogP contribution in [-0.2, 0) is 4.74 Å². The van der Waals surface area contributed by atoms with E-state index in [1.54, 1.807) is 7.11 Å². The lowest BCUT2D eigenvalue weighted by Crippen LogP contribution is -2.46. The number of ether oxygens (including phenoxy) is 1. The van der Waals surface area contributed by atoms with Gasteiger partial charge < -0.3 is 10.1 Å².